The number of rotatable bonds is 4. The summed E-state index contributed by atoms with van der Waals surface area (Å²) in [5.41, 5.74) is 5.64. The second kappa shape index (κ2) is 7.02. The predicted molar refractivity (Wildman–Crippen MR) is 77.0 cm³/mol. The number of amides is 1. The van der Waals surface area contributed by atoms with Crippen molar-refractivity contribution in [3.05, 3.63) is 35.6 Å². The predicted octanol–water partition coefficient (Wildman–Crippen LogP) is 1.67. The van der Waals surface area contributed by atoms with Crippen molar-refractivity contribution in [2.24, 2.45) is 5.73 Å². The maximum atomic E-state index is 13.0. The van der Waals surface area contributed by atoms with Crippen molar-refractivity contribution < 1.29 is 14.3 Å². The van der Waals surface area contributed by atoms with Crippen LogP contribution in [-0.4, -0.2) is 23.1 Å². The van der Waals surface area contributed by atoms with Crippen LogP contribution in [-0.2, 0) is 4.79 Å². The Hall–Kier alpha value is -1.17. The molecule has 0 saturated heterocycles. The molecule has 0 aromatic heterocycles. The lowest BCUT2D eigenvalue weighted by Crippen LogP contribution is -2.52. The van der Waals surface area contributed by atoms with E-state index in [9.17, 15) is 14.3 Å². The molecule has 1 aliphatic rings. The first-order valence-electron chi connectivity index (χ1n) is 6.52. The van der Waals surface area contributed by atoms with Crippen molar-refractivity contribution in [3.63, 3.8) is 0 Å². The van der Waals surface area contributed by atoms with Crippen LogP contribution in [0.1, 0.15) is 37.4 Å². The lowest BCUT2D eigenvalue weighted by atomic mass is 9.98. The van der Waals surface area contributed by atoms with Crippen LogP contribution in [0.15, 0.2) is 24.3 Å². The van der Waals surface area contributed by atoms with Crippen LogP contribution in [0.4, 0.5) is 4.39 Å². The van der Waals surface area contributed by atoms with E-state index in [0.29, 0.717) is 18.4 Å². The van der Waals surface area contributed by atoms with Crippen LogP contribution in [0.5, 0.6) is 0 Å². The second-order valence-electron chi connectivity index (χ2n) is 5.14. The highest BCUT2D eigenvalue weighted by atomic mass is 35.5. The summed E-state index contributed by atoms with van der Waals surface area (Å²) in [4.78, 5) is 11.9. The summed E-state index contributed by atoms with van der Waals surface area (Å²) in [7, 11) is 0. The van der Waals surface area contributed by atoms with E-state index in [2.05, 4.69) is 5.32 Å². The van der Waals surface area contributed by atoms with Crippen LogP contribution < -0.4 is 11.1 Å². The van der Waals surface area contributed by atoms with Gasteiger partial charge in [0.1, 0.15) is 5.82 Å². The van der Waals surface area contributed by atoms with E-state index >= 15 is 0 Å². The Balaban J connectivity index is 0.00000200. The number of benzene rings is 1. The van der Waals surface area contributed by atoms with Crippen molar-refractivity contribution in [1.82, 2.24) is 5.32 Å². The molecule has 2 rings (SSSR count). The Morgan fingerprint density at radius 2 is 2.10 bits per heavy atom. The van der Waals surface area contributed by atoms with Crippen LogP contribution in [0.3, 0.4) is 0 Å². The summed E-state index contributed by atoms with van der Waals surface area (Å²) in [6.45, 7) is 0.0429. The summed E-state index contributed by atoms with van der Waals surface area (Å²) >= 11 is 0. The Morgan fingerprint density at radius 3 is 2.70 bits per heavy atom. The van der Waals surface area contributed by atoms with E-state index in [1.165, 1.54) is 18.2 Å². The van der Waals surface area contributed by atoms with Crippen LogP contribution in [0.2, 0.25) is 0 Å². The summed E-state index contributed by atoms with van der Waals surface area (Å²) in [6, 6.07) is 5.71. The third kappa shape index (κ3) is 3.91. The number of aliphatic hydroxyl groups is 1. The van der Waals surface area contributed by atoms with E-state index in [1.54, 1.807) is 6.07 Å². The van der Waals surface area contributed by atoms with Gasteiger partial charge in [0.25, 0.3) is 0 Å². The second-order valence-corrected chi connectivity index (χ2v) is 5.14. The average Bonchev–Trinajstić information content (AvgIpc) is 2.84. The molecule has 1 amide bonds. The van der Waals surface area contributed by atoms with Crippen molar-refractivity contribution in [2.75, 3.05) is 6.54 Å². The van der Waals surface area contributed by atoms with Gasteiger partial charge in [0.05, 0.1) is 11.6 Å². The Kier molecular flexibility index (Phi) is 5.92. The topological polar surface area (TPSA) is 75.4 Å². The summed E-state index contributed by atoms with van der Waals surface area (Å²) in [6.07, 6.45) is 2.33. The molecule has 0 radical (unpaired) electrons. The smallest absolute Gasteiger partial charge is 0.240 e. The van der Waals surface area contributed by atoms with Gasteiger partial charge in [-0.25, -0.2) is 4.39 Å². The Bertz CT molecular complexity index is 464. The lowest BCUT2D eigenvalue weighted by Gasteiger charge is -2.23. The van der Waals surface area contributed by atoms with Gasteiger partial charge >= 0.3 is 0 Å². The molecule has 112 valence electrons. The Morgan fingerprint density at radius 1 is 1.45 bits per heavy atom. The van der Waals surface area contributed by atoms with Gasteiger partial charge in [-0.1, -0.05) is 25.0 Å². The lowest BCUT2D eigenvalue weighted by molar-refractivity contribution is -0.126. The molecular weight excluding hydrogens is 283 g/mol. The number of nitrogens with two attached hydrogens (primary N) is 1. The number of hydrogen-bond donors (Lipinski definition) is 3. The van der Waals surface area contributed by atoms with Crippen LogP contribution in [0.25, 0.3) is 0 Å². The largest absolute Gasteiger partial charge is 0.387 e. The number of nitrogens with one attached hydrogen (secondary N) is 1. The summed E-state index contributed by atoms with van der Waals surface area (Å²) in [5, 5.41) is 12.5. The van der Waals surface area contributed by atoms with E-state index < -0.39 is 17.5 Å². The molecule has 6 heteroatoms. The molecule has 0 aliphatic heterocycles. The highest BCUT2D eigenvalue weighted by molar-refractivity contribution is 5.86. The van der Waals surface area contributed by atoms with Crippen molar-refractivity contribution in [2.45, 2.75) is 37.3 Å². The van der Waals surface area contributed by atoms with Crippen molar-refractivity contribution >= 4 is 18.3 Å². The zero-order valence-corrected chi connectivity index (χ0v) is 12.0. The molecule has 0 heterocycles. The van der Waals surface area contributed by atoms with E-state index in [-0.39, 0.29) is 24.9 Å². The number of carbonyl (C=O) groups is 1. The van der Waals surface area contributed by atoms with Crippen molar-refractivity contribution in [3.8, 4) is 0 Å². The Labute approximate surface area is 124 Å². The van der Waals surface area contributed by atoms with Gasteiger partial charge in [0.2, 0.25) is 5.91 Å². The van der Waals surface area contributed by atoms with Crippen LogP contribution in [0, 0.1) is 5.82 Å². The molecule has 20 heavy (non-hydrogen) atoms. The molecule has 0 spiro atoms. The highest BCUT2D eigenvalue weighted by Crippen LogP contribution is 2.27. The number of aliphatic hydroxyl groups excluding tert-OH is 1. The number of carbonyl (C=O) groups excluding carboxylic acids is 1. The van der Waals surface area contributed by atoms with Gasteiger partial charge in [0, 0.05) is 6.54 Å². The molecule has 1 aliphatic carbocycles. The standard InChI is InChI=1S/C14H19FN2O2.ClH/c15-11-5-3-4-10(8-11)12(18)9-17-13(19)14(16)6-1-2-7-14;/h3-5,8,12,18H,1-2,6-7,9,16H2,(H,17,19);1H. The minimum Gasteiger partial charge on any atom is -0.387 e. The molecule has 4 nitrogen and oxygen atoms in total. The molecule has 1 fully saturated rings. The van der Waals surface area contributed by atoms with Gasteiger partial charge in [0.15, 0.2) is 0 Å². The van der Waals surface area contributed by atoms with Gasteiger partial charge in [-0.2, -0.15) is 0 Å². The molecule has 1 aromatic carbocycles. The zero-order chi connectivity index (χ0) is 13.9. The molecule has 1 aromatic rings. The maximum Gasteiger partial charge on any atom is 0.240 e. The number of halogens is 2. The van der Waals surface area contributed by atoms with E-state index in [1.807, 2.05) is 0 Å². The average molecular weight is 303 g/mol. The third-order valence-corrected chi connectivity index (χ3v) is 3.64. The fraction of sp³-hybridized carbons (Fsp3) is 0.500. The zero-order valence-electron chi connectivity index (χ0n) is 11.1. The first-order valence-corrected chi connectivity index (χ1v) is 6.52. The maximum absolute atomic E-state index is 13.0. The van der Waals surface area contributed by atoms with Gasteiger partial charge in [-0.3, -0.25) is 4.79 Å². The molecule has 0 bridgehead atoms. The van der Waals surface area contributed by atoms with Gasteiger partial charge in [-0.15, -0.1) is 12.4 Å². The first kappa shape index (κ1) is 16.9. The summed E-state index contributed by atoms with van der Waals surface area (Å²) in [5.74, 6) is -0.644. The van der Waals surface area contributed by atoms with E-state index in [4.69, 9.17) is 5.73 Å². The van der Waals surface area contributed by atoms with Crippen LogP contribution >= 0.6 is 12.4 Å². The van der Waals surface area contributed by atoms with Gasteiger partial charge in [-0.05, 0) is 30.5 Å². The van der Waals surface area contributed by atoms with Gasteiger partial charge < -0.3 is 16.2 Å². The molecular formula is C14H20ClFN2O2. The first-order chi connectivity index (χ1) is 9.01. The molecule has 1 atom stereocenters. The quantitative estimate of drug-likeness (QED) is 0.792. The molecule has 1 unspecified atom stereocenters. The SMILES string of the molecule is Cl.NC1(C(=O)NCC(O)c2cccc(F)c2)CCCC1. The normalized spacial score (nSPS) is 18.1. The van der Waals surface area contributed by atoms with Crippen molar-refractivity contribution in [1.29, 1.82) is 0 Å². The fourth-order valence-electron chi connectivity index (χ4n) is 2.43. The molecule has 4 N–H and O–H groups in total. The monoisotopic (exact) mass is 302 g/mol. The minimum absolute atomic E-state index is 0. The third-order valence-electron chi connectivity index (χ3n) is 3.64. The molecule has 1 saturated carbocycles. The highest BCUT2D eigenvalue weighted by Gasteiger charge is 2.36. The summed E-state index contributed by atoms with van der Waals surface area (Å²) < 4.78 is 13.0. The minimum atomic E-state index is -0.926. The van der Waals surface area contributed by atoms with E-state index in [0.717, 1.165) is 12.8 Å². The number of hydrogen-bond acceptors (Lipinski definition) is 3. The fourth-order valence-corrected chi connectivity index (χ4v) is 2.43.